The van der Waals surface area contributed by atoms with E-state index in [0.29, 0.717) is 0 Å². The van der Waals surface area contributed by atoms with E-state index in [1.165, 1.54) is 12.1 Å². The van der Waals surface area contributed by atoms with Crippen molar-refractivity contribution >= 4 is 0 Å². The second-order valence-electron chi connectivity index (χ2n) is 5.69. The van der Waals surface area contributed by atoms with Crippen LogP contribution in [0.5, 0.6) is 0 Å². The van der Waals surface area contributed by atoms with Crippen LogP contribution < -0.4 is 5.32 Å². The Morgan fingerprint density at radius 3 is 3.21 bits per heavy atom. The molecule has 0 aromatic carbocycles. The van der Waals surface area contributed by atoms with E-state index in [2.05, 4.69) is 37.0 Å². The summed E-state index contributed by atoms with van der Waals surface area (Å²) in [5.74, 6) is 2.95. The summed E-state index contributed by atoms with van der Waals surface area (Å²) in [7, 11) is 0. The average Bonchev–Trinajstić information content (AvgIpc) is 3.02. The molecule has 0 bridgehead atoms. The predicted molar refractivity (Wildman–Crippen MR) is 69.4 cm³/mol. The van der Waals surface area contributed by atoms with E-state index in [1.807, 2.05) is 0 Å². The highest BCUT2D eigenvalue weighted by Crippen LogP contribution is 2.26. The largest absolute Gasteiger partial charge is 0.347 e. The molecule has 0 saturated heterocycles. The van der Waals surface area contributed by atoms with Crippen molar-refractivity contribution in [1.82, 2.24) is 30.0 Å². The summed E-state index contributed by atoms with van der Waals surface area (Å²) in [5, 5.41) is 12.3. The van der Waals surface area contributed by atoms with Gasteiger partial charge in [-0.1, -0.05) is 6.92 Å². The summed E-state index contributed by atoms with van der Waals surface area (Å²) in [6.45, 7) is 4.16. The minimum absolute atomic E-state index is 0.241. The number of hydrogen-bond donors (Lipinski definition) is 2. The predicted octanol–water partition coefficient (Wildman–Crippen LogP) is 0.970. The van der Waals surface area contributed by atoms with Crippen LogP contribution in [0.25, 0.3) is 0 Å². The van der Waals surface area contributed by atoms with E-state index < -0.39 is 0 Å². The number of aromatic amines is 1. The van der Waals surface area contributed by atoms with Crippen molar-refractivity contribution in [2.75, 3.05) is 0 Å². The Labute approximate surface area is 111 Å². The van der Waals surface area contributed by atoms with Gasteiger partial charge in [-0.2, -0.15) is 0 Å². The number of nitrogens with zero attached hydrogens (tertiary/aromatic N) is 4. The van der Waals surface area contributed by atoms with Gasteiger partial charge in [0.25, 0.3) is 0 Å². The molecular weight excluding hydrogens is 240 g/mol. The summed E-state index contributed by atoms with van der Waals surface area (Å²) in [6.07, 6.45) is 4.94. The summed E-state index contributed by atoms with van der Waals surface area (Å²) >= 11 is 0. The number of aromatic nitrogens is 5. The molecule has 2 unspecified atom stereocenters. The maximum atomic E-state index is 4.43. The fourth-order valence-electron chi connectivity index (χ4n) is 3.12. The molecule has 100 valence electrons. The molecule has 0 fully saturated rings. The van der Waals surface area contributed by atoms with Crippen molar-refractivity contribution in [3.05, 3.63) is 29.4 Å². The normalized spacial score (nSPS) is 25.9. The quantitative estimate of drug-likeness (QED) is 0.799. The number of fused-ring (bicyclic) bond motifs is 2. The lowest BCUT2D eigenvalue weighted by Gasteiger charge is -2.26. The maximum absolute atomic E-state index is 4.43. The minimum atomic E-state index is 0.241. The molecule has 2 aromatic rings. The van der Waals surface area contributed by atoms with Crippen LogP contribution in [0.1, 0.15) is 42.4 Å². The van der Waals surface area contributed by atoms with Crippen LogP contribution in [0.4, 0.5) is 0 Å². The highest BCUT2D eigenvalue weighted by molar-refractivity contribution is 5.19. The third kappa shape index (κ3) is 1.78. The highest BCUT2D eigenvalue weighted by Gasteiger charge is 2.28. The van der Waals surface area contributed by atoms with Crippen LogP contribution >= 0.6 is 0 Å². The monoisotopic (exact) mass is 258 g/mol. The third-order valence-corrected chi connectivity index (χ3v) is 4.27. The molecule has 0 spiro atoms. The van der Waals surface area contributed by atoms with Crippen molar-refractivity contribution < 1.29 is 0 Å². The summed E-state index contributed by atoms with van der Waals surface area (Å²) in [5.41, 5.74) is 2.36. The first-order valence-electron chi connectivity index (χ1n) is 6.97. The van der Waals surface area contributed by atoms with Gasteiger partial charge in [-0.25, -0.2) is 4.98 Å². The standard InChI is InChI=1S/C13H18N6/c1-8-2-3-19-12(4-8)17-18-13(19)10-5-9-11(6-14-10)16-7-15-9/h7-8,10,14H,2-6H2,1H3,(H,15,16). The van der Waals surface area contributed by atoms with Crippen LogP contribution in [0.3, 0.4) is 0 Å². The zero-order chi connectivity index (χ0) is 12.8. The first kappa shape index (κ1) is 11.2. The Morgan fingerprint density at radius 2 is 2.26 bits per heavy atom. The summed E-state index contributed by atoms with van der Waals surface area (Å²) < 4.78 is 2.30. The van der Waals surface area contributed by atoms with Crippen molar-refractivity contribution in [3.8, 4) is 0 Å². The van der Waals surface area contributed by atoms with Crippen molar-refractivity contribution in [1.29, 1.82) is 0 Å². The lowest BCUT2D eigenvalue weighted by atomic mass is 9.99. The molecule has 2 aliphatic rings. The molecule has 2 N–H and O–H groups in total. The topological polar surface area (TPSA) is 71.4 Å². The smallest absolute Gasteiger partial charge is 0.150 e. The molecule has 0 radical (unpaired) electrons. The molecule has 0 aliphatic carbocycles. The fraction of sp³-hybridized carbons (Fsp3) is 0.615. The fourth-order valence-corrected chi connectivity index (χ4v) is 3.12. The minimum Gasteiger partial charge on any atom is -0.347 e. The second kappa shape index (κ2) is 4.16. The summed E-state index contributed by atoms with van der Waals surface area (Å²) in [6, 6.07) is 0.241. The van der Waals surface area contributed by atoms with Gasteiger partial charge in [-0.05, 0) is 12.3 Å². The van der Waals surface area contributed by atoms with Gasteiger partial charge in [-0.3, -0.25) is 0 Å². The van der Waals surface area contributed by atoms with E-state index in [1.54, 1.807) is 6.33 Å². The molecule has 2 aromatic heterocycles. The number of hydrogen-bond acceptors (Lipinski definition) is 4. The van der Waals surface area contributed by atoms with Gasteiger partial charge < -0.3 is 14.9 Å². The number of H-pyrrole nitrogens is 1. The molecular formula is C13H18N6. The Balaban J connectivity index is 1.64. The second-order valence-corrected chi connectivity index (χ2v) is 5.69. The van der Waals surface area contributed by atoms with Crippen molar-refractivity contribution in [2.45, 2.75) is 45.3 Å². The first-order valence-corrected chi connectivity index (χ1v) is 6.97. The van der Waals surface area contributed by atoms with E-state index in [-0.39, 0.29) is 6.04 Å². The van der Waals surface area contributed by atoms with Gasteiger partial charge in [-0.15, -0.1) is 10.2 Å². The van der Waals surface area contributed by atoms with Gasteiger partial charge in [0, 0.05) is 25.9 Å². The van der Waals surface area contributed by atoms with E-state index >= 15 is 0 Å². The number of nitrogens with one attached hydrogen (secondary N) is 2. The maximum Gasteiger partial charge on any atom is 0.150 e. The first-order chi connectivity index (χ1) is 9.31. The van der Waals surface area contributed by atoms with Crippen LogP contribution in [0.15, 0.2) is 6.33 Å². The highest BCUT2D eigenvalue weighted by atomic mass is 15.3. The number of imidazole rings is 1. The molecule has 6 heteroatoms. The Kier molecular flexibility index (Phi) is 2.44. The van der Waals surface area contributed by atoms with Crippen LogP contribution in [0.2, 0.25) is 0 Å². The van der Waals surface area contributed by atoms with Crippen molar-refractivity contribution in [3.63, 3.8) is 0 Å². The van der Waals surface area contributed by atoms with Crippen molar-refractivity contribution in [2.24, 2.45) is 5.92 Å². The van der Waals surface area contributed by atoms with Crippen LogP contribution in [-0.2, 0) is 25.9 Å². The SMILES string of the molecule is CC1CCn2c(nnc2C2Cc3nc[nH]c3CN2)C1. The zero-order valence-electron chi connectivity index (χ0n) is 11.1. The van der Waals surface area contributed by atoms with Gasteiger partial charge >= 0.3 is 0 Å². The molecule has 0 saturated carbocycles. The Morgan fingerprint density at radius 1 is 1.32 bits per heavy atom. The number of rotatable bonds is 1. The lowest BCUT2D eigenvalue weighted by Crippen LogP contribution is -2.32. The van der Waals surface area contributed by atoms with Crippen LogP contribution in [-0.4, -0.2) is 24.7 Å². The van der Waals surface area contributed by atoms with Gasteiger partial charge in [0.05, 0.1) is 23.8 Å². The van der Waals surface area contributed by atoms with E-state index in [4.69, 9.17) is 0 Å². The van der Waals surface area contributed by atoms with Gasteiger partial charge in [0.2, 0.25) is 0 Å². The lowest BCUT2D eigenvalue weighted by molar-refractivity contribution is 0.380. The zero-order valence-corrected chi connectivity index (χ0v) is 11.1. The molecule has 0 amide bonds. The summed E-state index contributed by atoms with van der Waals surface area (Å²) in [4.78, 5) is 7.56. The van der Waals surface area contributed by atoms with E-state index in [9.17, 15) is 0 Å². The Bertz CT molecular complexity index is 598. The van der Waals surface area contributed by atoms with E-state index in [0.717, 1.165) is 49.2 Å². The Hall–Kier alpha value is -1.69. The molecule has 4 rings (SSSR count). The average molecular weight is 258 g/mol. The van der Waals surface area contributed by atoms with Gasteiger partial charge in [0.1, 0.15) is 5.82 Å². The molecule has 4 heterocycles. The van der Waals surface area contributed by atoms with Gasteiger partial charge in [0.15, 0.2) is 5.82 Å². The van der Waals surface area contributed by atoms with Crippen LogP contribution in [0, 0.1) is 5.92 Å². The third-order valence-electron chi connectivity index (χ3n) is 4.27. The molecule has 6 nitrogen and oxygen atoms in total. The molecule has 2 atom stereocenters. The molecule has 19 heavy (non-hydrogen) atoms. The molecule has 2 aliphatic heterocycles.